The van der Waals surface area contributed by atoms with Crippen molar-refractivity contribution in [1.82, 2.24) is 20.9 Å². The third-order valence-electron chi connectivity index (χ3n) is 5.58. The fraction of sp³-hybridized carbons (Fsp3) is 0.440. The van der Waals surface area contributed by atoms with Gasteiger partial charge in [0.15, 0.2) is 5.96 Å². The Balaban J connectivity index is 0.00000385. The summed E-state index contributed by atoms with van der Waals surface area (Å²) in [6, 6.07) is 14.7. The maximum Gasteiger partial charge on any atom is 0.224 e. The van der Waals surface area contributed by atoms with Crippen LogP contribution in [0, 0.1) is 5.82 Å². The van der Waals surface area contributed by atoms with E-state index < -0.39 is 0 Å². The zero-order valence-corrected chi connectivity index (χ0v) is 21.6. The molecule has 180 valence electrons. The summed E-state index contributed by atoms with van der Waals surface area (Å²) >= 11 is 0. The molecule has 1 amide bonds. The molecule has 1 aliphatic heterocycles. The standard InChI is InChI=1S/C25H34FN5O.HI/c1-27-25(29-14-13-28-24(32)17-20-9-11-23(26)12-10-20)30-18-21-5-7-22(8-6-21)19-31-15-3-2-4-16-31;/h5-12H,2-4,13-19H2,1H3,(H,28,32)(H2,27,29,30);1H. The Bertz CT molecular complexity index is 867. The van der Waals surface area contributed by atoms with E-state index in [0.29, 0.717) is 25.6 Å². The number of nitrogens with one attached hydrogen (secondary N) is 3. The molecule has 2 aromatic rings. The number of hydrogen-bond acceptors (Lipinski definition) is 3. The van der Waals surface area contributed by atoms with Crippen molar-refractivity contribution in [3.63, 3.8) is 0 Å². The minimum absolute atomic E-state index is 0. The Morgan fingerprint density at radius 1 is 0.879 bits per heavy atom. The smallest absolute Gasteiger partial charge is 0.224 e. The number of guanidine groups is 1. The zero-order chi connectivity index (χ0) is 22.6. The van der Waals surface area contributed by atoms with Crippen LogP contribution in [0.4, 0.5) is 4.39 Å². The summed E-state index contributed by atoms with van der Waals surface area (Å²) in [6.07, 6.45) is 4.22. The monoisotopic (exact) mass is 567 g/mol. The first-order valence-electron chi connectivity index (χ1n) is 11.4. The average Bonchev–Trinajstić information content (AvgIpc) is 2.82. The molecule has 8 heteroatoms. The van der Waals surface area contributed by atoms with Gasteiger partial charge < -0.3 is 16.0 Å². The van der Waals surface area contributed by atoms with Crippen LogP contribution in [-0.2, 0) is 24.3 Å². The second-order valence-corrected chi connectivity index (χ2v) is 8.16. The number of halogens is 2. The molecule has 33 heavy (non-hydrogen) atoms. The normalized spacial score (nSPS) is 14.3. The van der Waals surface area contributed by atoms with Gasteiger partial charge in [0, 0.05) is 33.2 Å². The summed E-state index contributed by atoms with van der Waals surface area (Å²) in [4.78, 5) is 18.8. The van der Waals surface area contributed by atoms with Crippen LogP contribution in [0.3, 0.4) is 0 Å². The number of aliphatic imine (C=N–C) groups is 1. The van der Waals surface area contributed by atoms with Crippen LogP contribution >= 0.6 is 24.0 Å². The minimum Gasteiger partial charge on any atom is -0.355 e. The van der Waals surface area contributed by atoms with Gasteiger partial charge in [-0.3, -0.25) is 14.7 Å². The highest BCUT2D eigenvalue weighted by Crippen LogP contribution is 2.13. The number of rotatable bonds is 9. The summed E-state index contributed by atoms with van der Waals surface area (Å²) in [7, 11) is 1.73. The predicted octanol–water partition coefficient (Wildman–Crippen LogP) is 3.45. The average molecular weight is 567 g/mol. The highest BCUT2D eigenvalue weighted by atomic mass is 127. The van der Waals surface area contributed by atoms with Gasteiger partial charge >= 0.3 is 0 Å². The van der Waals surface area contributed by atoms with Gasteiger partial charge in [-0.05, 0) is 54.8 Å². The van der Waals surface area contributed by atoms with Crippen molar-refractivity contribution in [2.24, 2.45) is 4.99 Å². The Hall–Kier alpha value is -2.20. The number of amides is 1. The van der Waals surface area contributed by atoms with Gasteiger partial charge in [-0.2, -0.15) is 0 Å². The molecule has 3 rings (SSSR count). The van der Waals surface area contributed by atoms with Crippen LogP contribution in [0.2, 0.25) is 0 Å². The van der Waals surface area contributed by atoms with E-state index in [-0.39, 0.29) is 42.1 Å². The van der Waals surface area contributed by atoms with Crippen molar-refractivity contribution < 1.29 is 9.18 Å². The molecule has 0 spiro atoms. The van der Waals surface area contributed by atoms with Gasteiger partial charge in [-0.25, -0.2) is 4.39 Å². The van der Waals surface area contributed by atoms with Crippen molar-refractivity contribution in [3.05, 3.63) is 71.0 Å². The molecule has 0 saturated carbocycles. The Labute approximate surface area is 213 Å². The lowest BCUT2D eigenvalue weighted by molar-refractivity contribution is -0.120. The molecule has 0 bridgehead atoms. The largest absolute Gasteiger partial charge is 0.355 e. The van der Waals surface area contributed by atoms with E-state index in [1.54, 1.807) is 19.2 Å². The van der Waals surface area contributed by atoms with Gasteiger partial charge in [-0.1, -0.05) is 42.8 Å². The molecule has 1 saturated heterocycles. The van der Waals surface area contributed by atoms with Crippen molar-refractivity contribution in [2.75, 3.05) is 33.2 Å². The van der Waals surface area contributed by atoms with Crippen LogP contribution in [0.5, 0.6) is 0 Å². The van der Waals surface area contributed by atoms with Crippen LogP contribution < -0.4 is 16.0 Å². The summed E-state index contributed by atoms with van der Waals surface area (Å²) in [6.45, 7) is 5.16. The quantitative estimate of drug-likeness (QED) is 0.188. The second kappa shape index (κ2) is 14.8. The molecule has 1 heterocycles. The molecule has 0 atom stereocenters. The topological polar surface area (TPSA) is 68.8 Å². The van der Waals surface area contributed by atoms with E-state index in [0.717, 1.165) is 12.1 Å². The number of carbonyl (C=O) groups excluding carboxylic acids is 1. The lowest BCUT2D eigenvalue weighted by atomic mass is 10.1. The SMILES string of the molecule is CN=C(NCCNC(=O)Cc1ccc(F)cc1)NCc1ccc(CN2CCCCC2)cc1.I. The molecule has 6 nitrogen and oxygen atoms in total. The number of nitrogens with zero attached hydrogens (tertiary/aromatic N) is 2. The van der Waals surface area contributed by atoms with Crippen LogP contribution in [0.25, 0.3) is 0 Å². The van der Waals surface area contributed by atoms with Gasteiger partial charge in [0.1, 0.15) is 5.82 Å². The lowest BCUT2D eigenvalue weighted by Crippen LogP contribution is -2.41. The molecule has 2 aromatic carbocycles. The fourth-order valence-corrected chi connectivity index (χ4v) is 3.78. The molecule has 0 unspecified atom stereocenters. The molecule has 1 aliphatic rings. The van der Waals surface area contributed by atoms with E-state index >= 15 is 0 Å². The summed E-state index contributed by atoms with van der Waals surface area (Å²) in [5, 5.41) is 9.36. The Morgan fingerprint density at radius 2 is 1.48 bits per heavy atom. The molecule has 1 fully saturated rings. The number of likely N-dealkylation sites (tertiary alicyclic amines) is 1. The van der Waals surface area contributed by atoms with E-state index in [2.05, 4.69) is 50.1 Å². The molecule has 0 aromatic heterocycles. The van der Waals surface area contributed by atoms with Gasteiger partial charge in [0.2, 0.25) is 5.91 Å². The first-order valence-corrected chi connectivity index (χ1v) is 11.4. The van der Waals surface area contributed by atoms with Crippen molar-refractivity contribution in [1.29, 1.82) is 0 Å². The number of hydrogen-bond donors (Lipinski definition) is 3. The summed E-state index contributed by atoms with van der Waals surface area (Å²) in [5.41, 5.74) is 3.34. The van der Waals surface area contributed by atoms with Crippen LogP contribution in [-0.4, -0.2) is 50.0 Å². The van der Waals surface area contributed by atoms with Crippen molar-refractivity contribution in [3.8, 4) is 0 Å². The van der Waals surface area contributed by atoms with Crippen molar-refractivity contribution in [2.45, 2.75) is 38.8 Å². The first-order chi connectivity index (χ1) is 15.6. The molecule has 0 radical (unpaired) electrons. The minimum atomic E-state index is -0.300. The van der Waals surface area contributed by atoms with E-state index in [9.17, 15) is 9.18 Å². The second-order valence-electron chi connectivity index (χ2n) is 8.16. The van der Waals surface area contributed by atoms with E-state index in [1.807, 2.05) is 0 Å². The number of carbonyl (C=O) groups is 1. The summed E-state index contributed by atoms with van der Waals surface area (Å²) < 4.78 is 12.9. The zero-order valence-electron chi connectivity index (χ0n) is 19.3. The third-order valence-corrected chi connectivity index (χ3v) is 5.58. The lowest BCUT2D eigenvalue weighted by Gasteiger charge is -2.26. The predicted molar refractivity (Wildman–Crippen MR) is 142 cm³/mol. The first kappa shape index (κ1) is 27.0. The van der Waals surface area contributed by atoms with E-state index in [1.165, 1.54) is 55.6 Å². The number of piperidine rings is 1. The molecule has 3 N–H and O–H groups in total. The highest BCUT2D eigenvalue weighted by Gasteiger charge is 2.10. The van der Waals surface area contributed by atoms with E-state index in [4.69, 9.17) is 0 Å². The van der Waals surface area contributed by atoms with Gasteiger partial charge in [0.05, 0.1) is 6.42 Å². The highest BCUT2D eigenvalue weighted by molar-refractivity contribution is 14.0. The summed E-state index contributed by atoms with van der Waals surface area (Å²) in [5.74, 6) is 0.298. The maximum absolute atomic E-state index is 12.9. The third kappa shape index (κ3) is 10.1. The van der Waals surface area contributed by atoms with Crippen molar-refractivity contribution >= 4 is 35.8 Å². The fourth-order valence-electron chi connectivity index (χ4n) is 3.78. The van der Waals surface area contributed by atoms with Gasteiger partial charge in [0.25, 0.3) is 0 Å². The van der Waals surface area contributed by atoms with Crippen LogP contribution in [0.1, 0.15) is 36.0 Å². The molecular weight excluding hydrogens is 532 g/mol. The molecule has 0 aliphatic carbocycles. The van der Waals surface area contributed by atoms with Gasteiger partial charge in [-0.15, -0.1) is 24.0 Å². The molecular formula is C25H35FIN5O. The Kier molecular flexibility index (Phi) is 12.2. The number of benzene rings is 2. The van der Waals surface area contributed by atoms with Crippen LogP contribution in [0.15, 0.2) is 53.5 Å². The maximum atomic E-state index is 12.9. The Morgan fingerprint density at radius 3 is 2.15 bits per heavy atom.